The van der Waals surface area contributed by atoms with E-state index in [0.29, 0.717) is 41.6 Å². The smallest absolute Gasteiger partial charge is 0.256 e. The number of piperazine rings is 1. The standard InChI is InChI=1S/C33H42N4O4/c1-24(25-10-7-6-8-11-25)36-18-20-37(21-19-36)29-13-9-12-27(23-38)32(29)33(39)35(3)28(16-17-34-2)26-14-15-30(40-4)31(22-26)41-5/h6-15,22-24,28,34H,16-21H2,1-5H3/t24-,28?/m1/s1. The van der Waals surface area contributed by atoms with Gasteiger partial charge in [-0.15, -0.1) is 0 Å². The average Bonchev–Trinajstić information content (AvgIpc) is 3.04. The van der Waals surface area contributed by atoms with Crippen LogP contribution in [-0.4, -0.2) is 83.0 Å². The predicted octanol–water partition coefficient (Wildman–Crippen LogP) is 4.82. The topological polar surface area (TPSA) is 74.3 Å². The Hall–Kier alpha value is -3.88. The van der Waals surface area contributed by atoms with Gasteiger partial charge in [-0.3, -0.25) is 14.5 Å². The molecule has 4 rings (SSSR count). The second-order valence-corrected chi connectivity index (χ2v) is 10.4. The molecule has 1 unspecified atom stereocenters. The van der Waals surface area contributed by atoms with Crippen LogP contribution in [0.15, 0.2) is 66.7 Å². The Bertz CT molecular complexity index is 1310. The lowest BCUT2D eigenvalue weighted by Gasteiger charge is -2.40. The summed E-state index contributed by atoms with van der Waals surface area (Å²) in [7, 11) is 6.91. The summed E-state index contributed by atoms with van der Waals surface area (Å²) in [6.07, 6.45) is 1.47. The van der Waals surface area contributed by atoms with Gasteiger partial charge in [0.2, 0.25) is 0 Å². The van der Waals surface area contributed by atoms with Crippen molar-refractivity contribution in [3.05, 3.63) is 89.0 Å². The Kier molecular flexibility index (Phi) is 10.4. The number of nitrogens with one attached hydrogen (secondary N) is 1. The third-order valence-electron chi connectivity index (χ3n) is 8.15. The molecule has 0 aliphatic carbocycles. The van der Waals surface area contributed by atoms with E-state index in [9.17, 15) is 9.59 Å². The third kappa shape index (κ3) is 6.72. The number of methoxy groups -OCH3 is 2. The number of carbonyl (C=O) groups excluding carboxylic acids is 2. The zero-order valence-electron chi connectivity index (χ0n) is 24.8. The van der Waals surface area contributed by atoms with Crippen molar-refractivity contribution in [2.75, 3.05) is 65.9 Å². The highest BCUT2D eigenvalue weighted by Crippen LogP contribution is 2.35. The first-order valence-electron chi connectivity index (χ1n) is 14.2. The summed E-state index contributed by atoms with van der Waals surface area (Å²) in [5.74, 6) is 1.06. The van der Waals surface area contributed by atoms with Crippen molar-refractivity contribution in [1.29, 1.82) is 0 Å². The van der Waals surface area contributed by atoms with E-state index in [0.717, 1.165) is 43.7 Å². The first kappa shape index (κ1) is 30.1. The van der Waals surface area contributed by atoms with Crippen LogP contribution in [-0.2, 0) is 0 Å². The molecular weight excluding hydrogens is 516 g/mol. The highest BCUT2D eigenvalue weighted by Gasteiger charge is 2.30. The molecule has 1 amide bonds. The summed E-state index contributed by atoms with van der Waals surface area (Å²) < 4.78 is 11.0. The molecule has 1 heterocycles. The van der Waals surface area contributed by atoms with Crippen LogP contribution < -0.4 is 19.7 Å². The van der Waals surface area contributed by atoms with Crippen molar-refractivity contribution >= 4 is 17.9 Å². The van der Waals surface area contributed by atoms with Crippen molar-refractivity contribution in [3.8, 4) is 11.5 Å². The van der Waals surface area contributed by atoms with Crippen molar-refractivity contribution < 1.29 is 19.1 Å². The number of hydrogen-bond acceptors (Lipinski definition) is 7. The van der Waals surface area contributed by atoms with E-state index in [1.54, 1.807) is 25.2 Å². The minimum atomic E-state index is -0.245. The Labute approximate surface area is 243 Å². The second-order valence-electron chi connectivity index (χ2n) is 10.4. The molecule has 8 nitrogen and oxygen atoms in total. The van der Waals surface area contributed by atoms with Crippen molar-refractivity contribution in [2.45, 2.75) is 25.4 Å². The summed E-state index contributed by atoms with van der Waals surface area (Å²) >= 11 is 0. The number of ether oxygens (including phenoxy) is 2. The fourth-order valence-corrected chi connectivity index (χ4v) is 5.69. The lowest BCUT2D eigenvalue weighted by molar-refractivity contribution is 0.0720. The van der Waals surface area contributed by atoms with Crippen LogP contribution >= 0.6 is 0 Å². The highest BCUT2D eigenvalue weighted by molar-refractivity contribution is 6.06. The van der Waals surface area contributed by atoms with E-state index in [2.05, 4.69) is 46.3 Å². The fraction of sp³-hybridized carbons (Fsp3) is 0.394. The van der Waals surface area contributed by atoms with Gasteiger partial charge in [0.25, 0.3) is 5.91 Å². The van der Waals surface area contributed by atoms with E-state index in [4.69, 9.17) is 9.47 Å². The number of hydrogen-bond donors (Lipinski definition) is 1. The van der Waals surface area contributed by atoms with Crippen molar-refractivity contribution in [3.63, 3.8) is 0 Å². The Morgan fingerprint density at radius 3 is 2.29 bits per heavy atom. The monoisotopic (exact) mass is 558 g/mol. The molecule has 218 valence electrons. The molecule has 1 aliphatic heterocycles. The normalized spacial score (nSPS) is 15.2. The largest absolute Gasteiger partial charge is 0.493 e. The molecule has 41 heavy (non-hydrogen) atoms. The second kappa shape index (κ2) is 14.1. The molecule has 1 aliphatic rings. The predicted molar refractivity (Wildman–Crippen MR) is 163 cm³/mol. The number of rotatable bonds is 12. The zero-order chi connectivity index (χ0) is 29.4. The molecule has 0 spiro atoms. The Balaban J connectivity index is 1.61. The summed E-state index contributed by atoms with van der Waals surface area (Å²) in [5.41, 5.74) is 3.88. The maximum absolute atomic E-state index is 14.3. The van der Waals surface area contributed by atoms with Gasteiger partial charge < -0.3 is 24.6 Å². The van der Waals surface area contributed by atoms with Crippen LogP contribution in [0.1, 0.15) is 57.3 Å². The van der Waals surface area contributed by atoms with Gasteiger partial charge in [-0.2, -0.15) is 0 Å². The number of nitrogens with zero attached hydrogens (tertiary/aromatic N) is 3. The van der Waals surface area contributed by atoms with E-state index >= 15 is 0 Å². The number of aldehydes is 1. The molecular formula is C33H42N4O4. The Morgan fingerprint density at radius 1 is 0.951 bits per heavy atom. The summed E-state index contributed by atoms with van der Waals surface area (Å²) in [4.78, 5) is 32.9. The van der Waals surface area contributed by atoms with Crippen molar-refractivity contribution in [1.82, 2.24) is 15.1 Å². The van der Waals surface area contributed by atoms with E-state index in [-0.39, 0.29) is 11.9 Å². The highest BCUT2D eigenvalue weighted by atomic mass is 16.5. The van der Waals surface area contributed by atoms with E-state index < -0.39 is 0 Å². The van der Waals surface area contributed by atoms with Gasteiger partial charge in [-0.1, -0.05) is 48.5 Å². The lowest BCUT2D eigenvalue weighted by atomic mass is 9.98. The summed E-state index contributed by atoms with van der Waals surface area (Å²) in [6, 6.07) is 21.9. The van der Waals surface area contributed by atoms with Crippen LogP contribution in [0, 0.1) is 0 Å². The fourth-order valence-electron chi connectivity index (χ4n) is 5.69. The molecule has 3 aromatic carbocycles. The van der Waals surface area contributed by atoms with Crippen LogP contribution in [0.3, 0.4) is 0 Å². The number of benzene rings is 3. The molecule has 1 N–H and O–H groups in total. The maximum Gasteiger partial charge on any atom is 0.256 e. The minimum absolute atomic E-state index is 0.182. The quantitative estimate of drug-likeness (QED) is 0.320. The maximum atomic E-state index is 14.3. The van der Waals surface area contributed by atoms with Crippen LogP contribution in [0.4, 0.5) is 5.69 Å². The van der Waals surface area contributed by atoms with Crippen LogP contribution in [0.2, 0.25) is 0 Å². The molecule has 8 heteroatoms. The van der Waals surface area contributed by atoms with Gasteiger partial charge in [-0.05, 0) is 56.3 Å². The summed E-state index contributed by atoms with van der Waals surface area (Å²) in [6.45, 7) is 6.20. The summed E-state index contributed by atoms with van der Waals surface area (Å²) in [5, 5.41) is 3.20. The molecule has 0 radical (unpaired) electrons. The SMILES string of the molecule is CNCCC(c1ccc(OC)c(OC)c1)N(C)C(=O)c1c(C=O)cccc1N1CCN([C@H](C)c2ccccc2)CC1. The molecule has 1 saturated heterocycles. The lowest BCUT2D eigenvalue weighted by Crippen LogP contribution is -2.48. The minimum Gasteiger partial charge on any atom is -0.493 e. The van der Waals surface area contributed by atoms with Gasteiger partial charge in [0, 0.05) is 44.8 Å². The van der Waals surface area contributed by atoms with Crippen LogP contribution in [0.5, 0.6) is 11.5 Å². The number of amides is 1. The molecule has 0 aromatic heterocycles. The van der Waals surface area contributed by atoms with E-state index in [1.165, 1.54) is 5.56 Å². The van der Waals surface area contributed by atoms with Gasteiger partial charge in [-0.25, -0.2) is 0 Å². The third-order valence-corrected chi connectivity index (χ3v) is 8.15. The van der Waals surface area contributed by atoms with Gasteiger partial charge in [0.1, 0.15) is 0 Å². The molecule has 3 aromatic rings. The van der Waals surface area contributed by atoms with Crippen molar-refractivity contribution in [2.24, 2.45) is 0 Å². The van der Waals surface area contributed by atoms with Crippen LogP contribution in [0.25, 0.3) is 0 Å². The van der Waals surface area contributed by atoms with Gasteiger partial charge in [0.05, 0.1) is 31.5 Å². The molecule has 1 fully saturated rings. The van der Waals surface area contributed by atoms with E-state index in [1.807, 2.05) is 50.5 Å². The number of anilines is 1. The number of carbonyl (C=O) groups is 2. The Morgan fingerprint density at radius 2 is 1.66 bits per heavy atom. The molecule has 2 atom stereocenters. The molecule has 0 bridgehead atoms. The first-order chi connectivity index (χ1) is 19.9. The van der Waals surface area contributed by atoms with Gasteiger partial charge in [0.15, 0.2) is 17.8 Å². The van der Waals surface area contributed by atoms with Gasteiger partial charge >= 0.3 is 0 Å². The average molecular weight is 559 g/mol. The molecule has 0 saturated carbocycles. The zero-order valence-corrected chi connectivity index (χ0v) is 24.8. The first-order valence-corrected chi connectivity index (χ1v) is 14.2.